The highest BCUT2D eigenvalue weighted by molar-refractivity contribution is 6.04. The molecule has 0 unspecified atom stereocenters. The van der Waals surface area contributed by atoms with Gasteiger partial charge >= 0.3 is 12.4 Å². The Kier molecular flexibility index (Phi) is 5.88. The fourth-order valence-electron chi connectivity index (χ4n) is 3.78. The molecule has 0 aliphatic rings. The molecule has 14 heteroatoms. The third-order valence-electron chi connectivity index (χ3n) is 5.47. The van der Waals surface area contributed by atoms with E-state index in [9.17, 15) is 31.1 Å². The van der Waals surface area contributed by atoms with E-state index in [1.54, 1.807) is 11.6 Å². The molecule has 3 heterocycles. The lowest BCUT2D eigenvalue weighted by Crippen LogP contribution is -2.19. The van der Waals surface area contributed by atoms with Crippen LogP contribution in [0.3, 0.4) is 0 Å². The Hall–Kier alpha value is -4.75. The molecule has 0 radical (unpaired) electrons. The maximum atomic E-state index is 13.3. The fraction of sp³-hybridized carbons (Fsp3) is 0.125. The van der Waals surface area contributed by atoms with Crippen molar-refractivity contribution < 1.29 is 31.1 Å². The van der Waals surface area contributed by atoms with Crippen molar-refractivity contribution in [3.05, 3.63) is 89.5 Å². The van der Waals surface area contributed by atoms with Crippen LogP contribution in [0.4, 0.5) is 32.2 Å². The molecule has 194 valence electrons. The SMILES string of the molecule is Cc1cc(NC(=O)c2cc(C(F)(F)F)cc(C(F)(F)F)c2)n(-c2ncnc3c2cnn3-c2ccccc2)n1. The van der Waals surface area contributed by atoms with Crippen molar-refractivity contribution in [3.8, 4) is 11.5 Å². The first kappa shape index (κ1) is 24.9. The molecule has 5 aromatic rings. The number of para-hydroxylation sites is 1. The van der Waals surface area contributed by atoms with Crippen molar-refractivity contribution in [1.29, 1.82) is 0 Å². The van der Waals surface area contributed by atoms with Crippen molar-refractivity contribution in [2.75, 3.05) is 5.32 Å². The van der Waals surface area contributed by atoms with Gasteiger partial charge in [-0.25, -0.2) is 14.6 Å². The molecule has 1 amide bonds. The van der Waals surface area contributed by atoms with Gasteiger partial charge in [-0.05, 0) is 37.3 Å². The van der Waals surface area contributed by atoms with Gasteiger partial charge in [0.25, 0.3) is 5.91 Å². The van der Waals surface area contributed by atoms with Crippen LogP contribution in [-0.4, -0.2) is 35.4 Å². The molecular formula is C24H15F6N7O. The van der Waals surface area contributed by atoms with Crippen LogP contribution in [0.5, 0.6) is 0 Å². The van der Waals surface area contributed by atoms with E-state index in [1.807, 2.05) is 30.3 Å². The number of hydrogen-bond donors (Lipinski definition) is 1. The molecule has 0 saturated heterocycles. The van der Waals surface area contributed by atoms with Gasteiger partial charge in [0.05, 0.1) is 34.1 Å². The molecule has 8 nitrogen and oxygen atoms in total. The number of alkyl halides is 6. The minimum atomic E-state index is -5.10. The summed E-state index contributed by atoms with van der Waals surface area (Å²) in [6, 6.07) is 11.1. The number of anilines is 1. The van der Waals surface area contributed by atoms with E-state index in [2.05, 4.69) is 25.5 Å². The van der Waals surface area contributed by atoms with Crippen molar-refractivity contribution in [1.82, 2.24) is 29.5 Å². The molecule has 0 aliphatic carbocycles. The topological polar surface area (TPSA) is 90.5 Å². The Morgan fingerprint density at radius 3 is 2.16 bits per heavy atom. The highest BCUT2D eigenvalue weighted by Gasteiger charge is 2.37. The van der Waals surface area contributed by atoms with Gasteiger partial charge in [-0.3, -0.25) is 4.79 Å². The van der Waals surface area contributed by atoms with Crippen LogP contribution in [0.15, 0.2) is 67.1 Å². The second kappa shape index (κ2) is 8.97. The number of carbonyl (C=O) groups is 1. The number of amides is 1. The van der Waals surface area contributed by atoms with E-state index in [0.29, 0.717) is 34.5 Å². The first-order valence-electron chi connectivity index (χ1n) is 10.8. The second-order valence-electron chi connectivity index (χ2n) is 8.16. The van der Waals surface area contributed by atoms with Gasteiger partial charge in [0.15, 0.2) is 11.5 Å². The van der Waals surface area contributed by atoms with Crippen molar-refractivity contribution in [3.63, 3.8) is 0 Å². The molecule has 0 saturated carbocycles. The maximum Gasteiger partial charge on any atom is 0.416 e. The van der Waals surface area contributed by atoms with Crippen LogP contribution in [0.2, 0.25) is 0 Å². The third kappa shape index (κ3) is 4.67. The summed E-state index contributed by atoms with van der Waals surface area (Å²) >= 11 is 0. The number of aryl methyl sites for hydroxylation is 1. The van der Waals surface area contributed by atoms with Gasteiger partial charge in [-0.1, -0.05) is 18.2 Å². The van der Waals surface area contributed by atoms with Gasteiger partial charge in [0.2, 0.25) is 0 Å². The maximum absolute atomic E-state index is 13.3. The Morgan fingerprint density at radius 2 is 1.53 bits per heavy atom. The average molecular weight is 531 g/mol. The zero-order valence-electron chi connectivity index (χ0n) is 19.2. The molecule has 1 N–H and O–H groups in total. The molecule has 2 aromatic carbocycles. The van der Waals surface area contributed by atoms with Crippen LogP contribution in [0.1, 0.15) is 27.2 Å². The van der Waals surface area contributed by atoms with E-state index < -0.39 is 35.0 Å². The van der Waals surface area contributed by atoms with Crippen molar-refractivity contribution in [2.45, 2.75) is 19.3 Å². The highest BCUT2D eigenvalue weighted by Crippen LogP contribution is 2.36. The standard InChI is InChI=1S/C24H15F6N7O/c1-13-7-19(34-22(38)14-8-15(23(25,26)27)10-16(9-14)24(28,29)30)37(35-13)21-18-11-33-36(20(18)31-12-32-21)17-5-3-2-4-6-17/h2-12H,1H3,(H,34,38). The van der Waals surface area contributed by atoms with Crippen LogP contribution >= 0.6 is 0 Å². The van der Waals surface area contributed by atoms with Crippen LogP contribution in [0.25, 0.3) is 22.5 Å². The van der Waals surface area contributed by atoms with Crippen molar-refractivity contribution >= 4 is 22.8 Å². The molecule has 0 aliphatic heterocycles. The molecular weight excluding hydrogens is 516 g/mol. The lowest BCUT2D eigenvalue weighted by Gasteiger charge is -2.14. The lowest BCUT2D eigenvalue weighted by molar-refractivity contribution is -0.143. The first-order chi connectivity index (χ1) is 17.9. The summed E-state index contributed by atoms with van der Waals surface area (Å²) in [6.07, 6.45) is -7.48. The normalized spacial score (nSPS) is 12.2. The fourth-order valence-corrected chi connectivity index (χ4v) is 3.78. The summed E-state index contributed by atoms with van der Waals surface area (Å²) < 4.78 is 82.3. The largest absolute Gasteiger partial charge is 0.416 e. The van der Waals surface area contributed by atoms with E-state index in [-0.39, 0.29) is 17.7 Å². The van der Waals surface area contributed by atoms with Crippen LogP contribution < -0.4 is 5.32 Å². The second-order valence-corrected chi connectivity index (χ2v) is 8.16. The van der Waals surface area contributed by atoms with Crippen LogP contribution in [0, 0.1) is 6.92 Å². The molecule has 3 aromatic heterocycles. The molecule has 38 heavy (non-hydrogen) atoms. The highest BCUT2D eigenvalue weighted by atomic mass is 19.4. The van der Waals surface area contributed by atoms with E-state index in [4.69, 9.17) is 0 Å². The Bertz CT molecular complexity index is 1620. The summed E-state index contributed by atoms with van der Waals surface area (Å²) in [7, 11) is 0. The lowest BCUT2D eigenvalue weighted by atomic mass is 10.0. The summed E-state index contributed by atoms with van der Waals surface area (Å²) in [5, 5.41) is 11.4. The number of fused-ring (bicyclic) bond motifs is 1. The van der Waals surface area contributed by atoms with Crippen molar-refractivity contribution in [2.24, 2.45) is 0 Å². The Morgan fingerprint density at radius 1 is 0.868 bits per heavy atom. The number of aromatic nitrogens is 6. The minimum Gasteiger partial charge on any atom is -0.306 e. The minimum absolute atomic E-state index is 0.0362. The quantitative estimate of drug-likeness (QED) is 0.305. The number of nitrogens with zero attached hydrogens (tertiary/aromatic N) is 6. The number of benzene rings is 2. The number of rotatable bonds is 4. The zero-order valence-corrected chi connectivity index (χ0v) is 19.2. The molecule has 0 spiro atoms. The Labute approximate surface area is 209 Å². The van der Waals surface area contributed by atoms with E-state index >= 15 is 0 Å². The summed E-state index contributed by atoms with van der Waals surface area (Å²) in [5.41, 5.74) is -2.53. The number of carbonyl (C=O) groups excluding carboxylic acids is 1. The first-order valence-corrected chi connectivity index (χ1v) is 10.8. The zero-order chi connectivity index (χ0) is 27.2. The summed E-state index contributed by atoms with van der Waals surface area (Å²) in [5.74, 6) is -1.06. The van der Waals surface area contributed by atoms with Gasteiger partial charge in [-0.15, -0.1) is 0 Å². The molecule has 5 rings (SSSR count). The average Bonchev–Trinajstić information content (AvgIpc) is 3.46. The van der Waals surface area contributed by atoms with Gasteiger partial charge in [0, 0.05) is 11.6 Å². The van der Waals surface area contributed by atoms with Gasteiger partial charge in [0.1, 0.15) is 12.1 Å². The molecule has 0 fully saturated rings. The Balaban J connectivity index is 1.55. The predicted octanol–water partition coefficient (Wildman–Crippen LogP) is 5.60. The molecule has 0 bridgehead atoms. The van der Waals surface area contributed by atoms with Gasteiger partial charge < -0.3 is 5.32 Å². The van der Waals surface area contributed by atoms with Gasteiger partial charge in [-0.2, -0.15) is 41.2 Å². The summed E-state index contributed by atoms with van der Waals surface area (Å²) in [4.78, 5) is 21.4. The number of halogens is 6. The predicted molar refractivity (Wildman–Crippen MR) is 123 cm³/mol. The van der Waals surface area contributed by atoms with E-state index in [1.165, 1.54) is 23.3 Å². The monoisotopic (exact) mass is 531 g/mol. The summed E-state index contributed by atoms with van der Waals surface area (Å²) in [6.45, 7) is 1.59. The van der Waals surface area contributed by atoms with Crippen LogP contribution in [-0.2, 0) is 12.4 Å². The smallest absolute Gasteiger partial charge is 0.306 e. The number of hydrogen-bond acceptors (Lipinski definition) is 5. The molecule has 0 atom stereocenters. The third-order valence-corrected chi connectivity index (χ3v) is 5.47. The van der Waals surface area contributed by atoms with E-state index in [0.717, 1.165) is 0 Å². The number of nitrogens with one attached hydrogen (secondary N) is 1.